The number of halogens is 1. The van der Waals surface area contributed by atoms with Crippen LogP contribution in [0.1, 0.15) is 38.3 Å². The van der Waals surface area contributed by atoms with E-state index < -0.39 is 11.8 Å². The highest BCUT2D eigenvalue weighted by Gasteiger charge is 2.22. The van der Waals surface area contributed by atoms with Gasteiger partial charge in [0, 0.05) is 0 Å². The molecule has 1 saturated carbocycles. The van der Waals surface area contributed by atoms with Gasteiger partial charge in [-0.2, -0.15) is 0 Å². The molecule has 22 heavy (non-hydrogen) atoms. The Balaban J connectivity index is 1.90. The molecule has 2 atom stereocenters. The van der Waals surface area contributed by atoms with Gasteiger partial charge in [-0.3, -0.25) is 0 Å². The van der Waals surface area contributed by atoms with E-state index in [9.17, 15) is 9.18 Å². The van der Waals surface area contributed by atoms with Crippen molar-refractivity contribution in [2.75, 3.05) is 13.2 Å². The molecule has 1 aromatic rings. The van der Waals surface area contributed by atoms with Crippen molar-refractivity contribution in [3.8, 4) is 5.75 Å². The van der Waals surface area contributed by atoms with E-state index in [1.165, 1.54) is 6.07 Å². The molecule has 1 aliphatic carbocycles. The minimum absolute atomic E-state index is 0.135. The Morgan fingerprint density at radius 1 is 1.41 bits per heavy atom. The molecule has 1 fully saturated rings. The number of urea groups is 1. The summed E-state index contributed by atoms with van der Waals surface area (Å²) in [5.41, 5.74) is 0.656. The Morgan fingerprint density at radius 3 is 2.73 bits per heavy atom. The molecule has 0 bridgehead atoms. The Labute approximate surface area is 129 Å². The highest BCUT2D eigenvalue weighted by molar-refractivity contribution is 5.74. The quantitative estimate of drug-likeness (QED) is 0.724. The van der Waals surface area contributed by atoms with Crippen LogP contribution in [0.15, 0.2) is 18.2 Å². The number of rotatable bonds is 7. The topological polar surface area (TPSA) is 70.6 Å². The lowest BCUT2D eigenvalue weighted by Gasteiger charge is -2.18. The molecular weight excluding hydrogens is 287 g/mol. The number of carbonyl (C=O) groups is 1. The van der Waals surface area contributed by atoms with Gasteiger partial charge < -0.3 is 20.5 Å². The molecule has 5 nitrogen and oxygen atoms in total. The van der Waals surface area contributed by atoms with Crippen molar-refractivity contribution in [3.63, 3.8) is 0 Å². The number of hydrogen-bond donors (Lipinski definition) is 3. The van der Waals surface area contributed by atoms with Crippen molar-refractivity contribution < 1.29 is 19.0 Å². The van der Waals surface area contributed by atoms with Crippen molar-refractivity contribution in [2.24, 2.45) is 5.92 Å². The molecule has 3 N–H and O–H groups in total. The van der Waals surface area contributed by atoms with Gasteiger partial charge >= 0.3 is 6.03 Å². The fraction of sp³-hybridized carbons (Fsp3) is 0.562. The Hall–Kier alpha value is -1.82. The molecule has 2 amide bonds. The van der Waals surface area contributed by atoms with Gasteiger partial charge in [0.2, 0.25) is 0 Å². The normalized spacial score (nSPS) is 16.7. The third-order valence-corrected chi connectivity index (χ3v) is 3.63. The number of carbonyl (C=O) groups excluding carboxylic acids is 1. The summed E-state index contributed by atoms with van der Waals surface area (Å²) in [6, 6.07) is 3.64. The van der Waals surface area contributed by atoms with Crippen LogP contribution in [0.5, 0.6) is 5.75 Å². The van der Waals surface area contributed by atoms with Crippen molar-refractivity contribution in [2.45, 2.75) is 38.8 Å². The van der Waals surface area contributed by atoms with Gasteiger partial charge in [0.15, 0.2) is 11.6 Å². The monoisotopic (exact) mass is 310 g/mol. The van der Waals surface area contributed by atoms with Crippen LogP contribution >= 0.6 is 0 Å². The SMILES string of the molecule is C[C@H](NC(=O)N[C@@H](C)CO)c1ccc(OCC2CC2)c(F)c1. The van der Waals surface area contributed by atoms with E-state index in [1.54, 1.807) is 26.0 Å². The molecule has 2 rings (SSSR count). The maximum absolute atomic E-state index is 14.0. The maximum atomic E-state index is 14.0. The molecule has 0 radical (unpaired) electrons. The fourth-order valence-electron chi connectivity index (χ4n) is 1.99. The summed E-state index contributed by atoms with van der Waals surface area (Å²) in [6.45, 7) is 3.88. The molecule has 0 aliphatic heterocycles. The second kappa shape index (κ2) is 7.45. The summed E-state index contributed by atoms with van der Waals surface area (Å²) >= 11 is 0. The van der Waals surface area contributed by atoms with Crippen LogP contribution in [0, 0.1) is 11.7 Å². The van der Waals surface area contributed by atoms with Crippen LogP contribution in [0.25, 0.3) is 0 Å². The zero-order chi connectivity index (χ0) is 16.1. The molecule has 122 valence electrons. The van der Waals surface area contributed by atoms with E-state index in [0.29, 0.717) is 18.1 Å². The van der Waals surface area contributed by atoms with Crippen molar-refractivity contribution in [1.82, 2.24) is 10.6 Å². The minimum atomic E-state index is -0.420. The fourth-order valence-corrected chi connectivity index (χ4v) is 1.99. The lowest BCUT2D eigenvalue weighted by atomic mass is 10.1. The predicted octanol–water partition coefficient (Wildman–Crippen LogP) is 2.36. The summed E-state index contributed by atoms with van der Waals surface area (Å²) in [5, 5.41) is 14.2. The van der Waals surface area contributed by atoms with E-state index in [2.05, 4.69) is 10.6 Å². The van der Waals surface area contributed by atoms with Crippen molar-refractivity contribution in [3.05, 3.63) is 29.6 Å². The lowest BCUT2D eigenvalue weighted by Crippen LogP contribution is -2.43. The van der Waals surface area contributed by atoms with Gasteiger partial charge in [-0.25, -0.2) is 9.18 Å². The van der Waals surface area contributed by atoms with Crippen molar-refractivity contribution >= 4 is 6.03 Å². The molecule has 0 aromatic heterocycles. The first kappa shape index (κ1) is 16.5. The van der Waals surface area contributed by atoms with E-state index in [-0.39, 0.29) is 24.4 Å². The van der Waals surface area contributed by atoms with Crippen LogP contribution < -0.4 is 15.4 Å². The van der Waals surface area contributed by atoms with Crippen LogP contribution in [-0.4, -0.2) is 30.4 Å². The van der Waals surface area contributed by atoms with Crippen LogP contribution in [0.4, 0.5) is 9.18 Å². The first-order chi connectivity index (χ1) is 10.5. The number of aliphatic hydroxyl groups excluding tert-OH is 1. The zero-order valence-corrected chi connectivity index (χ0v) is 12.9. The Bertz CT molecular complexity index is 520. The molecule has 0 unspecified atom stereocenters. The number of hydrogen-bond acceptors (Lipinski definition) is 3. The van der Waals surface area contributed by atoms with Gasteiger partial charge in [0.1, 0.15) is 0 Å². The molecule has 0 saturated heterocycles. The van der Waals surface area contributed by atoms with Gasteiger partial charge in [0.05, 0.1) is 25.3 Å². The van der Waals surface area contributed by atoms with E-state index in [0.717, 1.165) is 12.8 Å². The smallest absolute Gasteiger partial charge is 0.315 e. The maximum Gasteiger partial charge on any atom is 0.315 e. The highest BCUT2D eigenvalue weighted by atomic mass is 19.1. The van der Waals surface area contributed by atoms with E-state index in [4.69, 9.17) is 9.84 Å². The van der Waals surface area contributed by atoms with Crippen LogP contribution in [0.3, 0.4) is 0 Å². The largest absolute Gasteiger partial charge is 0.490 e. The average molecular weight is 310 g/mol. The standard InChI is InChI=1S/C16H23FN2O3/c1-10(8-20)18-16(21)19-11(2)13-5-6-15(14(17)7-13)22-9-12-3-4-12/h5-7,10-12,20H,3-4,8-9H2,1-2H3,(H2,18,19,21)/t10-,11-/m0/s1. The number of amides is 2. The third-order valence-electron chi connectivity index (χ3n) is 3.63. The third kappa shape index (κ3) is 4.87. The summed E-state index contributed by atoms with van der Waals surface area (Å²) in [7, 11) is 0. The second-order valence-electron chi connectivity index (χ2n) is 5.87. The zero-order valence-electron chi connectivity index (χ0n) is 12.9. The minimum Gasteiger partial charge on any atom is -0.490 e. The van der Waals surface area contributed by atoms with Crippen LogP contribution in [-0.2, 0) is 0 Å². The molecule has 1 aliphatic rings. The van der Waals surface area contributed by atoms with Gasteiger partial charge in [0.25, 0.3) is 0 Å². The van der Waals surface area contributed by atoms with Gasteiger partial charge in [-0.05, 0) is 50.3 Å². The molecule has 0 heterocycles. The van der Waals surface area contributed by atoms with E-state index >= 15 is 0 Å². The van der Waals surface area contributed by atoms with Gasteiger partial charge in [-0.1, -0.05) is 6.07 Å². The van der Waals surface area contributed by atoms with Gasteiger partial charge in [-0.15, -0.1) is 0 Å². The molecular formula is C16H23FN2O3. The highest BCUT2D eigenvalue weighted by Crippen LogP contribution is 2.30. The predicted molar refractivity (Wildman–Crippen MR) is 81.2 cm³/mol. The first-order valence-electron chi connectivity index (χ1n) is 7.59. The Kier molecular flexibility index (Phi) is 5.60. The Morgan fingerprint density at radius 2 is 2.14 bits per heavy atom. The molecule has 6 heteroatoms. The average Bonchev–Trinajstić information content (AvgIpc) is 3.29. The number of aliphatic hydroxyl groups is 1. The number of ether oxygens (including phenoxy) is 1. The summed E-state index contributed by atoms with van der Waals surface area (Å²) in [4.78, 5) is 11.7. The molecule has 1 aromatic carbocycles. The lowest BCUT2D eigenvalue weighted by molar-refractivity contribution is 0.218. The first-order valence-corrected chi connectivity index (χ1v) is 7.59. The summed E-state index contributed by atoms with van der Waals surface area (Å²) < 4.78 is 19.4. The summed E-state index contributed by atoms with van der Waals surface area (Å²) in [5.74, 6) is 0.397. The second-order valence-corrected chi connectivity index (χ2v) is 5.87. The van der Waals surface area contributed by atoms with Crippen LogP contribution in [0.2, 0.25) is 0 Å². The number of nitrogens with one attached hydrogen (secondary N) is 2. The van der Waals surface area contributed by atoms with E-state index in [1.807, 2.05) is 0 Å². The molecule has 0 spiro atoms. The van der Waals surface area contributed by atoms with Crippen molar-refractivity contribution in [1.29, 1.82) is 0 Å². The number of benzene rings is 1. The summed E-state index contributed by atoms with van der Waals surface area (Å²) in [6.07, 6.45) is 2.31.